The van der Waals surface area contributed by atoms with Gasteiger partial charge < -0.3 is 0 Å². The van der Waals surface area contributed by atoms with Crippen LogP contribution in [-0.4, -0.2) is 17.2 Å². The lowest BCUT2D eigenvalue weighted by Crippen LogP contribution is -2.22. The molecule has 0 saturated carbocycles. The predicted molar refractivity (Wildman–Crippen MR) is 61.4 cm³/mol. The number of rotatable bonds is 1. The molecule has 1 saturated heterocycles. The van der Waals surface area contributed by atoms with Gasteiger partial charge >= 0.3 is 0 Å². The van der Waals surface area contributed by atoms with Crippen molar-refractivity contribution in [2.75, 3.05) is 0 Å². The van der Waals surface area contributed by atoms with E-state index in [1.165, 1.54) is 0 Å². The van der Waals surface area contributed by atoms with Gasteiger partial charge in [0.25, 0.3) is 0 Å². The van der Waals surface area contributed by atoms with Crippen LogP contribution in [0.5, 0.6) is 0 Å². The van der Waals surface area contributed by atoms with Crippen molar-refractivity contribution >= 4 is 23.4 Å². The maximum absolute atomic E-state index is 11.6. The molecule has 0 radical (unpaired) electrons. The minimum atomic E-state index is -0.797. The first-order valence-electron chi connectivity index (χ1n) is 5.06. The van der Waals surface area contributed by atoms with E-state index in [2.05, 4.69) is 5.32 Å². The molecule has 2 rings (SSSR count). The Hall–Kier alpha value is -1.35. The Balaban J connectivity index is 2.44. The highest BCUT2D eigenvalue weighted by atomic mass is 35.5. The topological polar surface area (TPSA) is 46.2 Å². The van der Waals surface area contributed by atoms with Crippen molar-refractivity contribution in [1.29, 1.82) is 0 Å². The number of carbonyl (C=O) groups is 2. The van der Waals surface area contributed by atoms with E-state index in [4.69, 9.17) is 11.6 Å². The molecule has 2 atom stereocenters. The average Bonchev–Trinajstić information content (AvgIpc) is 2.43. The number of halogens is 1. The fourth-order valence-corrected chi connectivity index (χ4v) is 2.33. The van der Waals surface area contributed by atoms with Crippen LogP contribution in [0.1, 0.15) is 22.6 Å². The molecule has 2 amide bonds. The van der Waals surface area contributed by atoms with E-state index >= 15 is 0 Å². The molecular weight excluding hydrogens is 226 g/mol. The molecule has 1 aliphatic rings. The number of hydrogen-bond donors (Lipinski definition) is 1. The van der Waals surface area contributed by atoms with E-state index in [1.807, 2.05) is 32.0 Å². The van der Waals surface area contributed by atoms with Crippen LogP contribution < -0.4 is 5.32 Å². The summed E-state index contributed by atoms with van der Waals surface area (Å²) in [5.41, 5.74) is 2.94. The Morgan fingerprint density at radius 1 is 1.19 bits per heavy atom. The summed E-state index contributed by atoms with van der Waals surface area (Å²) in [6.07, 6.45) is 0. The monoisotopic (exact) mass is 237 g/mol. The lowest BCUT2D eigenvalue weighted by molar-refractivity contribution is -0.125. The van der Waals surface area contributed by atoms with Crippen LogP contribution >= 0.6 is 11.6 Å². The third-order valence-electron chi connectivity index (χ3n) is 2.83. The predicted octanol–water partition coefficient (Wildman–Crippen LogP) is 1.65. The Morgan fingerprint density at radius 3 is 2.38 bits per heavy atom. The summed E-state index contributed by atoms with van der Waals surface area (Å²) in [5.74, 6) is -1.27. The Kier molecular flexibility index (Phi) is 2.72. The molecule has 1 aromatic carbocycles. The Morgan fingerprint density at radius 2 is 1.88 bits per heavy atom. The molecule has 0 aromatic heterocycles. The quantitative estimate of drug-likeness (QED) is 0.596. The normalized spacial score (nSPS) is 24.7. The smallest absolute Gasteiger partial charge is 0.245 e. The first-order valence-corrected chi connectivity index (χ1v) is 5.50. The first kappa shape index (κ1) is 11.1. The Bertz CT molecular complexity index is 470. The number of alkyl halides is 1. The molecule has 1 heterocycles. The molecule has 0 spiro atoms. The van der Waals surface area contributed by atoms with Gasteiger partial charge in [-0.25, -0.2) is 0 Å². The maximum Gasteiger partial charge on any atom is 0.245 e. The molecule has 16 heavy (non-hydrogen) atoms. The lowest BCUT2D eigenvalue weighted by Gasteiger charge is -2.13. The number of aryl methyl sites for hydroxylation is 2. The number of hydrogen-bond acceptors (Lipinski definition) is 2. The van der Waals surface area contributed by atoms with Gasteiger partial charge in [-0.2, -0.15) is 0 Å². The number of nitrogens with one attached hydrogen (secondary N) is 1. The zero-order valence-corrected chi connectivity index (χ0v) is 9.84. The second-order valence-corrected chi connectivity index (χ2v) is 4.56. The van der Waals surface area contributed by atoms with Crippen molar-refractivity contribution in [3.8, 4) is 0 Å². The largest absolute Gasteiger partial charge is 0.295 e. The van der Waals surface area contributed by atoms with Crippen molar-refractivity contribution in [1.82, 2.24) is 5.32 Å². The minimum Gasteiger partial charge on any atom is -0.295 e. The van der Waals surface area contributed by atoms with Crippen LogP contribution in [0.3, 0.4) is 0 Å². The highest BCUT2D eigenvalue weighted by Crippen LogP contribution is 2.31. The molecule has 0 bridgehead atoms. The highest BCUT2D eigenvalue weighted by Gasteiger charge is 2.41. The summed E-state index contributed by atoms with van der Waals surface area (Å²) in [4.78, 5) is 22.9. The van der Waals surface area contributed by atoms with Crippen molar-refractivity contribution in [2.24, 2.45) is 0 Å². The zero-order chi connectivity index (χ0) is 11.9. The van der Waals surface area contributed by atoms with Crippen LogP contribution in [0, 0.1) is 13.8 Å². The Labute approximate surface area is 98.8 Å². The SMILES string of the molecule is Cc1ccc(C2C(=O)NC(=O)C2Cl)c(C)c1. The van der Waals surface area contributed by atoms with Gasteiger partial charge in [-0.1, -0.05) is 23.8 Å². The molecule has 84 valence electrons. The van der Waals surface area contributed by atoms with Crippen LogP contribution in [0.15, 0.2) is 18.2 Å². The van der Waals surface area contributed by atoms with E-state index in [0.717, 1.165) is 16.7 Å². The second kappa shape index (κ2) is 3.91. The molecule has 2 unspecified atom stereocenters. The maximum atomic E-state index is 11.6. The summed E-state index contributed by atoms with van der Waals surface area (Å²) < 4.78 is 0. The van der Waals surface area contributed by atoms with Gasteiger partial charge in [-0.15, -0.1) is 11.6 Å². The lowest BCUT2D eigenvalue weighted by atomic mass is 9.92. The van der Waals surface area contributed by atoms with E-state index < -0.39 is 17.2 Å². The molecule has 1 N–H and O–H groups in total. The van der Waals surface area contributed by atoms with Crippen LogP contribution in [0.2, 0.25) is 0 Å². The number of carbonyl (C=O) groups excluding carboxylic acids is 2. The van der Waals surface area contributed by atoms with E-state index in [0.29, 0.717) is 0 Å². The summed E-state index contributed by atoms with van der Waals surface area (Å²) in [6.45, 7) is 3.90. The zero-order valence-electron chi connectivity index (χ0n) is 9.08. The van der Waals surface area contributed by atoms with Crippen molar-refractivity contribution in [3.05, 3.63) is 34.9 Å². The molecule has 3 nitrogen and oxygen atoms in total. The van der Waals surface area contributed by atoms with Gasteiger partial charge in [0.05, 0.1) is 5.92 Å². The fourth-order valence-electron chi connectivity index (χ4n) is 2.03. The van der Waals surface area contributed by atoms with E-state index in [-0.39, 0.29) is 5.91 Å². The van der Waals surface area contributed by atoms with Gasteiger partial charge in [0.15, 0.2) is 0 Å². The number of amides is 2. The van der Waals surface area contributed by atoms with Gasteiger partial charge in [0, 0.05) is 0 Å². The van der Waals surface area contributed by atoms with E-state index in [1.54, 1.807) is 0 Å². The molecule has 1 aliphatic heterocycles. The summed E-state index contributed by atoms with van der Waals surface area (Å²) >= 11 is 5.94. The summed E-state index contributed by atoms with van der Waals surface area (Å²) in [7, 11) is 0. The van der Waals surface area contributed by atoms with Gasteiger partial charge in [-0.05, 0) is 25.0 Å². The van der Waals surface area contributed by atoms with Crippen molar-refractivity contribution in [2.45, 2.75) is 25.1 Å². The van der Waals surface area contributed by atoms with Gasteiger partial charge in [0.1, 0.15) is 5.38 Å². The highest BCUT2D eigenvalue weighted by molar-refractivity contribution is 6.37. The summed E-state index contributed by atoms with van der Waals surface area (Å²) in [5, 5.41) is 1.45. The van der Waals surface area contributed by atoms with Gasteiger partial charge in [-0.3, -0.25) is 14.9 Å². The molecule has 0 aliphatic carbocycles. The van der Waals surface area contributed by atoms with Crippen molar-refractivity contribution < 1.29 is 9.59 Å². The van der Waals surface area contributed by atoms with Gasteiger partial charge in [0.2, 0.25) is 11.8 Å². The first-order chi connectivity index (χ1) is 7.50. The second-order valence-electron chi connectivity index (χ2n) is 4.09. The molecule has 1 fully saturated rings. The number of imide groups is 1. The van der Waals surface area contributed by atoms with E-state index in [9.17, 15) is 9.59 Å². The molecular formula is C12H12ClNO2. The summed E-state index contributed by atoms with van der Waals surface area (Å²) in [6, 6.07) is 5.76. The molecule has 1 aromatic rings. The van der Waals surface area contributed by atoms with Crippen molar-refractivity contribution in [3.63, 3.8) is 0 Å². The minimum absolute atomic E-state index is 0.308. The fraction of sp³-hybridized carbons (Fsp3) is 0.333. The van der Waals surface area contributed by atoms with Crippen LogP contribution in [0.25, 0.3) is 0 Å². The van der Waals surface area contributed by atoms with Crippen LogP contribution in [0.4, 0.5) is 0 Å². The molecule has 4 heteroatoms. The van der Waals surface area contributed by atoms with Crippen LogP contribution in [-0.2, 0) is 9.59 Å². The standard InChI is InChI=1S/C12H12ClNO2/c1-6-3-4-8(7(2)5-6)9-10(13)12(16)14-11(9)15/h3-5,9-10H,1-2H3,(H,14,15,16). The average molecular weight is 238 g/mol. The number of benzene rings is 1. The third kappa shape index (κ3) is 1.71. The third-order valence-corrected chi connectivity index (χ3v) is 3.28.